The molecule has 0 saturated carbocycles. The summed E-state index contributed by atoms with van der Waals surface area (Å²) in [5, 5.41) is 5.27. The molecule has 140 valence electrons. The summed E-state index contributed by atoms with van der Waals surface area (Å²) in [6, 6.07) is 18.0. The summed E-state index contributed by atoms with van der Waals surface area (Å²) in [5.41, 5.74) is 2.88. The molecule has 6 heteroatoms. The lowest BCUT2D eigenvalue weighted by atomic mass is 10.1. The van der Waals surface area contributed by atoms with Crippen LogP contribution in [0.4, 0.5) is 0 Å². The minimum atomic E-state index is 0.0775. The Morgan fingerprint density at radius 2 is 1.96 bits per heavy atom. The maximum absolute atomic E-state index is 13.2. The molecule has 0 spiro atoms. The summed E-state index contributed by atoms with van der Waals surface area (Å²) >= 11 is 1.70. The number of benzene rings is 2. The maximum Gasteiger partial charge on any atom is 0.254 e. The molecule has 0 radical (unpaired) electrons. The molecule has 5 nitrogen and oxygen atoms in total. The van der Waals surface area contributed by atoms with Crippen LogP contribution in [0.25, 0.3) is 10.2 Å². The van der Waals surface area contributed by atoms with Crippen LogP contribution < -0.4 is 0 Å². The Labute approximate surface area is 167 Å². The van der Waals surface area contributed by atoms with E-state index in [1.54, 1.807) is 17.5 Å². The van der Waals surface area contributed by atoms with Crippen LogP contribution in [0.15, 0.2) is 67.0 Å². The predicted molar refractivity (Wildman–Crippen MR) is 110 cm³/mol. The zero-order valence-electron chi connectivity index (χ0n) is 15.4. The Morgan fingerprint density at radius 1 is 1.11 bits per heavy atom. The first-order valence-corrected chi connectivity index (χ1v) is 10.3. The van der Waals surface area contributed by atoms with Gasteiger partial charge in [0, 0.05) is 24.5 Å². The lowest BCUT2D eigenvalue weighted by molar-refractivity contribution is 0.0735. The fraction of sp³-hybridized carbons (Fsp3) is 0.227. The highest BCUT2D eigenvalue weighted by Gasteiger charge is 2.32. The van der Waals surface area contributed by atoms with Gasteiger partial charge in [0.05, 0.1) is 22.8 Å². The molecular weight excluding hydrogens is 368 g/mol. The number of rotatable bonds is 4. The lowest BCUT2D eigenvalue weighted by Gasteiger charge is -2.23. The molecule has 0 N–H and O–H groups in total. The highest BCUT2D eigenvalue weighted by Crippen LogP contribution is 2.37. The Balaban J connectivity index is 1.36. The number of aromatic nitrogens is 3. The third kappa shape index (κ3) is 3.20. The van der Waals surface area contributed by atoms with Crippen LogP contribution in [-0.4, -0.2) is 32.1 Å². The monoisotopic (exact) mass is 388 g/mol. The van der Waals surface area contributed by atoms with Crippen molar-refractivity contribution >= 4 is 27.5 Å². The normalized spacial score (nSPS) is 16.7. The van der Waals surface area contributed by atoms with Crippen molar-refractivity contribution in [3.8, 4) is 0 Å². The molecule has 5 rings (SSSR count). The van der Waals surface area contributed by atoms with E-state index in [2.05, 4.69) is 11.2 Å². The number of hydrogen-bond donors (Lipinski definition) is 0. The van der Waals surface area contributed by atoms with Crippen LogP contribution in [0.1, 0.15) is 39.8 Å². The first-order valence-electron chi connectivity index (χ1n) is 9.51. The summed E-state index contributed by atoms with van der Waals surface area (Å²) in [6.45, 7) is 1.49. The molecule has 2 aromatic heterocycles. The minimum Gasteiger partial charge on any atom is -0.329 e. The van der Waals surface area contributed by atoms with Crippen molar-refractivity contribution in [3.05, 3.63) is 83.1 Å². The largest absolute Gasteiger partial charge is 0.329 e. The molecule has 3 heterocycles. The van der Waals surface area contributed by atoms with Crippen molar-refractivity contribution in [2.45, 2.75) is 25.4 Å². The van der Waals surface area contributed by atoms with Gasteiger partial charge in [-0.25, -0.2) is 4.98 Å². The fourth-order valence-corrected chi connectivity index (χ4v) is 4.91. The number of hydrogen-bond acceptors (Lipinski definition) is 4. The second-order valence-corrected chi connectivity index (χ2v) is 8.14. The molecule has 1 fully saturated rings. The van der Waals surface area contributed by atoms with E-state index in [1.807, 2.05) is 64.3 Å². The van der Waals surface area contributed by atoms with E-state index in [9.17, 15) is 4.79 Å². The van der Waals surface area contributed by atoms with Gasteiger partial charge in [-0.1, -0.05) is 24.3 Å². The zero-order chi connectivity index (χ0) is 18.9. The molecule has 0 aliphatic carbocycles. The fourth-order valence-electron chi connectivity index (χ4n) is 3.80. The topological polar surface area (TPSA) is 51.0 Å². The summed E-state index contributed by atoms with van der Waals surface area (Å²) in [5.74, 6) is 0.0902. The summed E-state index contributed by atoms with van der Waals surface area (Å²) in [6.07, 6.45) is 5.70. The van der Waals surface area contributed by atoms with E-state index >= 15 is 0 Å². The molecule has 1 aliphatic rings. The number of thiazole rings is 1. The third-order valence-corrected chi connectivity index (χ3v) is 6.35. The Kier molecular flexibility index (Phi) is 4.41. The average Bonchev–Trinajstić information content (AvgIpc) is 3.47. The molecule has 1 amide bonds. The number of fused-ring (bicyclic) bond motifs is 1. The standard InChI is InChI=1S/C22H20N4OS/c27-22(17-10-8-16(9-11-17)15-25-13-4-12-23-25)26-14-3-6-19(26)21-24-18-5-1-2-7-20(18)28-21/h1-2,4-5,7-13,19H,3,6,14-15H2. The van der Waals surface area contributed by atoms with Crippen molar-refractivity contribution in [1.29, 1.82) is 0 Å². The van der Waals surface area contributed by atoms with Crippen molar-refractivity contribution in [3.63, 3.8) is 0 Å². The SMILES string of the molecule is O=C(c1ccc(Cn2cccn2)cc1)N1CCCC1c1nc2ccccc2s1. The molecule has 2 aromatic carbocycles. The van der Waals surface area contributed by atoms with Crippen molar-refractivity contribution in [1.82, 2.24) is 19.7 Å². The number of carbonyl (C=O) groups excluding carboxylic acids is 1. The lowest BCUT2D eigenvalue weighted by Crippen LogP contribution is -2.30. The number of carbonyl (C=O) groups is 1. The van der Waals surface area contributed by atoms with E-state index in [1.165, 1.54) is 4.70 Å². The van der Waals surface area contributed by atoms with Crippen molar-refractivity contribution < 1.29 is 4.79 Å². The average molecular weight is 388 g/mol. The van der Waals surface area contributed by atoms with Gasteiger partial charge in [0.2, 0.25) is 0 Å². The Bertz CT molecular complexity index is 1070. The van der Waals surface area contributed by atoms with Gasteiger partial charge >= 0.3 is 0 Å². The van der Waals surface area contributed by atoms with Crippen LogP contribution in [0.3, 0.4) is 0 Å². The third-order valence-electron chi connectivity index (χ3n) is 5.21. The smallest absolute Gasteiger partial charge is 0.254 e. The quantitative estimate of drug-likeness (QED) is 0.516. The first kappa shape index (κ1) is 17.1. The van der Waals surface area contributed by atoms with Gasteiger partial charge in [0.25, 0.3) is 5.91 Å². The van der Waals surface area contributed by atoms with Gasteiger partial charge in [-0.3, -0.25) is 9.48 Å². The van der Waals surface area contributed by atoms with Gasteiger partial charge < -0.3 is 4.90 Å². The number of likely N-dealkylation sites (tertiary alicyclic amines) is 1. The van der Waals surface area contributed by atoms with Crippen LogP contribution in [0.5, 0.6) is 0 Å². The second kappa shape index (κ2) is 7.20. The highest BCUT2D eigenvalue weighted by atomic mass is 32.1. The highest BCUT2D eigenvalue weighted by molar-refractivity contribution is 7.18. The molecule has 0 bridgehead atoms. The van der Waals surface area contributed by atoms with Gasteiger partial charge in [0.15, 0.2) is 0 Å². The molecule has 1 unspecified atom stereocenters. The van der Waals surface area contributed by atoms with Crippen LogP contribution in [-0.2, 0) is 6.54 Å². The van der Waals surface area contributed by atoms with Crippen LogP contribution in [0.2, 0.25) is 0 Å². The molecule has 1 saturated heterocycles. The maximum atomic E-state index is 13.2. The Hall–Kier alpha value is -2.99. The van der Waals surface area contributed by atoms with Gasteiger partial charge in [-0.2, -0.15) is 5.10 Å². The van der Waals surface area contributed by atoms with E-state index < -0.39 is 0 Å². The van der Waals surface area contributed by atoms with E-state index in [0.717, 1.165) is 41.0 Å². The summed E-state index contributed by atoms with van der Waals surface area (Å²) in [4.78, 5) is 19.9. The van der Waals surface area contributed by atoms with Crippen molar-refractivity contribution in [2.75, 3.05) is 6.54 Å². The summed E-state index contributed by atoms with van der Waals surface area (Å²) in [7, 11) is 0. The van der Waals surface area contributed by atoms with Crippen LogP contribution in [0, 0.1) is 0 Å². The molecule has 1 atom stereocenters. The Morgan fingerprint density at radius 3 is 2.75 bits per heavy atom. The number of para-hydroxylation sites is 1. The molecular formula is C22H20N4OS. The number of amides is 1. The summed E-state index contributed by atoms with van der Waals surface area (Å²) < 4.78 is 3.06. The van der Waals surface area contributed by atoms with E-state index in [0.29, 0.717) is 6.54 Å². The molecule has 28 heavy (non-hydrogen) atoms. The van der Waals surface area contributed by atoms with E-state index in [-0.39, 0.29) is 11.9 Å². The molecule has 1 aliphatic heterocycles. The van der Waals surface area contributed by atoms with Crippen molar-refractivity contribution in [2.24, 2.45) is 0 Å². The minimum absolute atomic E-state index is 0.0775. The zero-order valence-corrected chi connectivity index (χ0v) is 16.2. The molecule has 4 aromatic rings. The van der Waals surface area contributed by atoms with E-state index in [4.69, 9.17) is 4.98 Å². The van der Waals surface area contributed by atoms with Crippen LogP contribution >= 0.6 is 11.3 Å². The van der Waals surface area contributed by atoms with Gasteiger partial charge in [0.1, 0.15) is 5.01 Å². The first-order chi connectivity index (χ1) is 13.8. The van der Waals surface area contributed by atoms with Gasteiger partial charge in [-0.05, 0) is 48.7 Å². The second-order valence-electron chi connectivity index (χ2n) is 7.08. The van der Waals surface area contributed by atoms with Gasteiger partial charge in [-0.15, -0.1) is 11.3 Å². The predicted octanol–water partition coefficient (Wildman–Crippen LogP) is 4.52. The number of nitrogens with zero attached hydrogens (tertiary/aromatic N) is 4.